The highest BCUT2D eigenvalue weighted by Crippen LogP contribution is 2.25. The summed E-state index contributed by atoms with van der Waals surface area (Å²) in [5, 5.41) is 9.07. The van der Waals surface area contributed by atoms with Gasteiger partial charge in [0, 0.05) is 25.2 Å². The molecule has 1 aliphatic rings. The van der Waals surface area contributed by atoms with E-state index < -0.39 is 0 Å². The van der Waals surface area contributed by atoms with Crippen molar-refractivity contribution in [3.63, 3.8) is 0 Å². The van der Waals surface area contributed by atoms with Crippen LogP contribution < -0.4 is 0 Å². The number of piperidine rings is 1. The lowest BCUT2D eigenvalue weighted by molar-refractivity contribution is 0.0793. The normalized spacial score (nSPS) is 22.6. The van der Waals surface area contributed by atoms with Gasteiger partial charge in [0.15, 0.2) is 0 Å². The van der Waals surface area contributed by atoms with E-state index >= 15 is 0 Å². The summed E-state index contributed by atoms with van der Waals surface area (Å²) in [4.78, 5) is 4.86. The quantitative estimate of drug-likeness (QED) is 0.880. The zero-order valence-electron chi connectivity index (χ0n) is 12.1. The Balaban J connectivity index is 1.97. The van der Waals surface area contributed by atoms with Crippen molar-refractivity contribution in [2.24, 2.45) is 0 Å². The molecule has 1 fully saturated rings. The van der Waals surface area contributed by atoms with E-state index in [1.807, 2.05) is 0 Å². The summed E-state index contributed by atoms with van der Waals surface area (Å²) < 4.78 is 0. The summed E-state index contributed by atoms with van der Waals surface area (Å²) >= 11 is 0. The molecule has 2 atom stereocenters. The molecule has 1 aromatic rings. The van der Waals surface area contributed by atoms with E-state index in [0.717, 1.165) is 13.1 Å². The first-order chi connectivity index (χ1) is 9.22. The molecular weight excluding hydrogens is 236 g/mol. The summed E-state index contributed by atoms with van der Waals surface area (Å²) in [5.41, 5.74) is 1.40. The van der Waals surface area contributed by atoms with Crippen LogP contribution in [0.4, 0.5) is 0 Å². The molecule has 3 heteroatoms. The van der Waals surface area contributed by atoms with Gasteiger partial charge in [-0.25, -0.2) is 0 Å². The van der Waals surface area contributed by atoms with Gasteiger partial charge in [0.25, 0.3) is 0 Å². The monoisotopic (exact) mass is 262 g/mol. The van der Waals surface area contributed by atoms with Crippen LogP contribution in [0.25, 0.3) is 0 Å². The van der Waals surface area contributed by atoms with Crippen LogP contribution in [-0.4, -0.2) is 54.2 Å². The second-order valence-electron chi connectivity index (χ2n) is 5.58. The summed E-state index contributed by atoms with van der Waals surface area (Å²) in [7, 11) is 2.12. The predicted molar refractivity (Wildman–Crippen MR) is 79.2 cm³/mol. The van der Waals surface area contributed by atoms with E-state index in [0.29, 0.717) is 12.1 Å². The Morgan fingerprint density at radius 3 is 2.79 bits per heavy atom. The average Bonchev–Trinajstić information content (AvgIpc) is 2.48. The van der Waals surface area contributed by atoms with Crippen molar-refractivity contribution >= 4 is 0 Å². The number of nitrogens with zero attached hydrogens (tertiary/aromatic N) is 2. The third-order valence-corrected chi connectivity index (χ3v) is 4.33. The lowest BCUT2D eigenvalue weighted by atomic mass is 9.99. The van der Waals surface area contributed by atoms with Gasteiger partial charge in [-0.3, -0.25) is 9.80 Å². The number of hydrogen-bond donors (Lipinski definition) is 1. The van der Waals surface area contributed by atoms with Crippen molar-refractivity contribution in [2.45, 2.75) is 31.8 Å². The Hall–Kier alpha value is -0.900. The minimum absolute atomic E-state index is 0.251. The van der Waals surface area contributed by atoms with Gasteiger partial charge in [0.2, 0.25) is 0 Å². The van der Waals surface area contributed by atoms with Crippen molar-refractivity contribution in [3.8, 4) is 0 Å². The molecule has 19 heavy (non-hydrogen) atoms. The summed E-state index contributed by atoms with van der Waals surface area (Å²) in [6.45, 7) is 5.61. The SMILES string of the molecule is CC(c1ccccc1)N1CCCC(N(C)CCO)C1. The summed E-state index contributed by atoms with van der Waals surface area (Å²) in [6, 6.07) is 11.8. The molecule has 1 N–H and O–H groups in total. The molecule has 0 aliphatic carbocycles. The molecule has 1 saturated heterocycles. The van der Waals surface area contributed by atoms with Gasteiger partial charge in [-0.1, -0.05) is 30.3 Å². The lowest BCUT2D eigenvalue weighted by Gasteiger charge is -2.40. The van der Waals surface area contributed by atoms with Crippen molar-refractivity contribution < 1.29 is 5.11 Å². The van der Waals surface area contributed by atoms with Gasteiger partial charge in [0.1, 0.15) is 0 Å². The second kappa shape index (κ2) is 7.04. The standard InChI is InChI=1S/C16H26N2O/c1-14(15-7-4-3-5-8-15)18-10-6-9-16(13-18)17(2)11-12-19/h3-5,7-8,14,16,19H,6,9-13H2,1-2H3. The third kappa shape index (κ3) is 3.78. The first-order valence-electron chi connectivity index (χ1n) is 7.32. The van der Waals surface area contributed by atoms with E-state index in [9.17, 15) is 0 Å². The molecule has 1 aliphatic heterocycles. The Kier molecular flexibility index (Phi) is 5.37. The fourth-order valence-corrected chi connectivity index (χ4v) is 2.98. The molecule has 0 saturated carbocycles. The van der Waals surface area contributed by atoms with Crippen LogP contribution in [0.1, 0.15) is 31.4 Å². The summed E-state index contributed by atoms with van der Waals surface area (Å²) in [6.07, 6.45) is 2.49. The maximum atomic E-state index is 9.07. The van der Waals surface area contributed by atoms with E-state index in [1.54, 1.807) is 0 Å². The zero-order chi connectivity index (χ0) is 13.7. The number of likely N-dealkylation sites (N-methyl/N-ethyl adjacent to an activating group) is 1. The molecule has 0 radical (unpaired) electrons. The second-order valence-corrected chi connectivity index (χ2v) is 5.58. The Bertz CT molecular complexity index is 368. The number of benzene rings is 1. The number of aliphatic hydroxyl groups is 1. The van der Waals surface area contributed by atoms with E-state index in [-0.39, 0.29) is 6.61 Å². The molecule has 2 unspecified atom stereocenters. The molecule has 1 aromatic carbocycles. The Morgan fingerprint density at radius 2 is 2.11 bits per heavy atom. The van der Waals surface area contributed by atoms with Crippen molar-refractivity contribution in [1.82, 2.24) is 9.80 Å². The number of aliphatic hydroxyl groups excluding tert-OH is 1. The average molecular weight is 262 g/mol. The predicted octanol–water partition coefficient (Wildman–Crippen LogP) is 2.14. The fraction of sp³-hybridized carbons (Fsp3) is 0.625. The van der Waals surface area contributed by atoms with Crippen LogP contribution in [0.5, 0.6) is 0 Å². The third-order valence-electron chi connectivity index (χ3n) is 4.33. The van der Waals surface area contributed by atoms with Crippen molar-refractivity contribution in [1.29, 1.82) is 0 Å². The van der Waals surface area contributed by atoms with Gasteiger partial charge in [-0.05, 0) is 38.9 Å². The molecular formula is C16H26N2O. The minimum Gasteiger partial charge on any atom is -0.395 e. The highest BCUT2D eigenvalue weighted by molar-refractivity contribution is 5.18. The zero-order valence-corrected chi connectivity index (χ0v) is 12.1. The molecule has 3 nitrogen and oxygen atoms in total. The van der Waals surface area contributed by atoms with Crippen molar-refractivity contribution in [2.75, 3.05) is 33.3 Å². The summed E-state index contributed by atoms with van der Waals surface area (Å²) in [5.74, 6) is 0. The fourth-order valence-electron chi connectivity index (χ4n) is 2.98. The molecule has 0 spiro atoms. The number of likely N-dealkylation sites (tertiary alicyclic amines) is 1. The van der Waals surface area contributed by atoms with Crippen molar-refractivity contribution in [3.05, 3.63) is 35.9 Å². The number of hydrogen-bond acceptors (Lipinski definition) is 3. The smallest absolute Gasteiger partial charge is 0.0558 e. The molecule has 0 bridgehead atoms. The van der Waals surface area contributed by atoms with Gasteiger partial charge >= 0.3 is 0 Å². The van der Waals surface area contributed by atoms with E-state index in [2.05, 4.69) is 54.1 Å². The topological polar surface area (TPSA) is 26.7 Å². The van der Waals surface area contributed by atoms with Crippen LogP contribution in [0.15, 0.2) is 30.3 Å². The van der Waals surface area contributed by atoms with E-state index in [4.69, 9.17) is 5.11 Å². The number of rotatable bonds is 5. The molecule has 106 valence electrons. The lowest BCUT2D eigenvalue weighted by Crippen LogP contribution is -2.47. The van der Waals surface area contributed by atoms with Crippen LogP contribution in [0, 0.1) is 0 Å². The molecule has 0 amide bonds. The highest BCUT2D eigenvalue weighted by Gasteiger charge is 2.26. The van der Waals surface area contributed by atoms with E-state index in [1.165, 1.54) is 24.9 Å². The molecule has 2 rings (SSSR count). The van der Waals surface area contributed by atoms with Crippen LogP contribution in [0.3, 0.4) is 0 Å². The maximum absolute atomic E-state index is 9.07. The largest absolute Gasteiger partial charge is 0.395 e. The van der Waals surface area contributed by atoms with Crippen LogP contribution >= 0.6 is 0 Å². The molecule has 0 aromatic heterocycles. The highest BCUT2D eigenvalue weighted by atomic mass is 16.3. The maximum Gasteiger partial charge on any atom is 0.0558 e. The van der Waals surface area contributed by atoms with Crippen LogP contribution in [0.2, 0.25) is 0 Å². The molecule has 1 heterocycles. The first kappa shape index (κ1) is 14.5. The minimum atomic E-state index is 0.251. The van der Waals surface area contributed by atoms with Gasteiger partial charge in [-0.15, -0.1) is 0 Å². The first-order valence-corrected chi connectivity index (χ1v) is 7.32. The van der Waals surface area contributed by atoms with Crippen LogP contribution in [-0.2, 0) is 0 Å². The Morgan fingerprint density at radius 1 is 1.37 bits per heavy atom. The Labute approximate surface area is 116 Å². The van der Waals surface area contributed by atoms with Gasteiger partial charge in [0.05, 0.1) is 6.61 Å². The van der Waals surface area contributed by atoms with Gasteiger partial charge < -0.3 is 5.11 Å². The van der Waals surface area contributed by atoms with Gasteiger partial charge in [-0.2, -0.15) is 0 Å².